The van der Waals surface area contributed by atoms with Crippen molar-refractivity contribution < 1.29 is 9.90 Å². The first-order valence-electron chi connectivity index (χ1n) is 4.83. The van der Waals surface area contributed by atoms with E-state index >= 15 is 0 Å². The van der Waals surface area contributed by atoms with Crippen LogP contribution in [-0.4, -0.2) is 31.0 Å². The lowest BCUT2D eigenvalue weighted by molar-refractivity contribution is -0.136. The summed E-state index contributed by atoms with van der Waals surface area (Å²) in [6, 6.07) is 0. The van der Waals surface area contributed by atoms with E-state index in [1.807, 2.05) is 6.92 Å². The van der Waals surface area contributed by atoms with Gasteiger partial charge in [0.05, 0.1) is 0 Å². The van der Waals surface area contributed by atoms with Crippen LogP contribution in [-0.2, 0) is 17.6 Å². The number of carboxylic acids is 1. The molecule has 2 heterocycles. The number of fused-ring (bicyclic) bond motifs is 1. The molecule has 0 atom stereocenters. The van der Waals surface area contributed by atoms with Crippen LogP contribution >= 0.6 is 0 Å². The molecule has 0 fully saturated rings. The van der Waals surface area contributed by atoms with Gasteiger partial charge in [0.2, 0.25) is 0 Å². The summed E-state index contributed by atoms with van der Waals surface area (Å²) in [4.78, 5) is 25.6. The molecule has 0 bridgehead atoms. The molecule has 0 aliphatic heterocycles. The lowest BCUT2D eigenvalue weighted by Crippen LogP contribution is -2.07. The average Bonchev–Trinajstić information content (AvgIpc) is 2.60. The summed E-state index contributed by atoms with van der Waals surface area (Å²) in [6.07, 6.45) is 0.471. The number of carbonyl (C=O) groups is 1. The van der Waals surface area contributed by atoms with Crippen LogP contribution in [0.5, 0.6) is 0 Å². The van der Waals surface area contributed by atoms with Gasteiger partial charge in [0, 0.05) is 6.42 Å². The van der Waals surface area contributed by atoms with Crippen LogP contribution in [0.2, 0.25) is 0 Å². The molecule has 0 aliphatic rings. The Bertz CT molecular complexity index is 548. The third-order valence-corrected chi connectivity index (χ3v) is 2.12. The minimum atomic E-state index is -0.995. The van der Waals surface area contributed by atoms with Gasteiger partial charge in [-0.05, 0) is 0 Å². The molecular weight excluding hydrogens is 210 g/mol. The fourth-order valence-electron chi connectivity index (χ4n) is 1.40. The first-order chi connectivity index (χ1) is 7.60. The molecule has 0 spiro atoms. The lowest BCUT2D eigenvalue weighted by Gasteiger charge is -1.98. The van der Waals surface area contributed by atoms with E-state index in [1.165, 1.54) is 0 Å². The van der Waals surface area contributed by atoms with Crippen molar-refractivity contribution in [3.8, 4) is 0 Å². The summed E-state index contributed by atoms with van der Waals surface area (Å²) in [7, 11) is 0. The molecule has 7 nitrogen and oxygen atoms in total. The molecule has 2 aromatic heterocycles. The molecule has 16 heavy (non-hydrogen) atoms. The van der Waals surface area contributed by atoms with Gasteiger partial charge in [0.15, 0.2) is 11.5 Å². The Kier molecular flexibility index (Phi) is 2.43. The van der Waals surface area contributed by atoms with Crippen LogP contribution in [0.3, 0.4) is 0 Å². The van der Waals surface area contributed by atoms with E-state index in [4.69, 9.17) is 10.8 Å². The predicted molar refractivity (Wildman–Crippen MR) is 56.8 cm³/mol. The molecule has 0 saturated heterocycles. The second-order valence-electron chi connectivity index (χ2n) is 3.33. The number of aromatic nitrogens is 4. The zero-order valence-corrected chi connectivity index (χ0v) is 8.69. The molecule has 0 radical (unpaired) electrons. The SMILES string of the molecule is CCc1nc2nc(CC(=O)O)nc(N)c2[nH]1. The molecule has 7 heteroatoms. The molecule has 0 aliphatic carbocycles. The van der Waals surface area contributed by atoms with Crippen LogP contribution in [0.15, 0.2) is 0 Å². The average molecular weight is 221 g/mol. The summed E-state index contributed by atoms with van der Waals surface area (Å²) in [6.45, 7) is 1.94. The second kappa shape index (κ2) is 3.76. The number of nitrogens with one attached hydrogen (secondary N) is 1. The van der Waals surface area contributed by atoms with Crippen molar-refractivity contribution in [3.05, 3.63) is 11.6 Å². The number of hydrogen-bond donors (Lipinski definition) is 3. The monoisotopic (exact) mass is 221 g/mol. The van der Waals surface area contributed by atoms with E-state index < -0.39 is 5.97 Å². The number of nitrogens with two attached hydrogens (primary N) is 1. The largest absolute Gasteiger partial charge is 0.481 e. The first-order valence-corrected chi connectivity index (χ1v) is 4.83. The van der Waals surface area contributed by atoms with E-state index in [1.54, 1.807) is 0 Å². The van der Waals surface area contributed by atoms with Crippen LogP contribution in [0.25, 0.3) is 11.2 Å². The first kappa shape index (κ1) is 10.3. The van der Waals surface area contributed by atoms with Crippen molar-refractivity contribution in [2.24, 2.45) is 0 Å². The van der Waals surface area contributed by atoms with Gasteiger partial charge in [-0.1, -0.05) is 6.92 Å². The topological polar surface area (TPSA) is 118 Å². The van der Waals surface area contributed by atoms with Crippen LogP contribution < -0.4 is 5.73 Å². The summed E-state index contributed by atoms with van der Waals surface area (Å²) in [5.74, 6) is 0.161. The Balaban J connectivity index is 2.52. The zero-order chi connectivity index (χ0) is 11.7. The molecule has 2 aromatic rings. The standard InChI is InChI=1S/C9H11N5O2/c1-2-4-11-7-8(10)12-5(3-6(15)16)14-9(7)13-4/h2-3H2,1H3,(H,15,16)(H3,10,11,12,13,14). The number of nitrogens with zero attached hydrogens (tertiary/aromatic N) is 3. The van der Waals surface area contributed by atoms with Gasteiger partial charge in [0.25, 0.3) is 0 Å². The molecule has 2 rings (SSSR count). The second-order valence-corrected chi connectivity index (χ2v) is 3.33. The third kappa shape index (κ3) is 1.79. The number of aliphatic carboxylic acids is 1. The molecule has 0 aromatic carbocycles. The maximum Gasteiger partial charge on any atom is 0.311 e. The van der Waals surface area contributed by atoms with Crippen molar-refractivity contribution in [3.63, 3.8) is 0 Å². The Morgan fingerprint density at radius 1 is 1.44 bits per heavy atom. The van der Waals surface area contributed by atoms with E-state index in [0.29, 0.717) is 11.2 Å². The van der Waals surface area contributed by atoms with Crippen molar-refractivity contribution in [2.45, 2.75) is 19.8 Å². The van der Waals surface area contributed by atoms with Gasteiger partial charge in [-0.15, -0.1) is 0 Å². The van der Waals surface area contributed by atoms with Crippen LogP contribution in [0.1, 0.15) is 18.6 Å². The van der Waals surface area contributed by atoms with E-state index in [2.05, 4.69) is 19.9 Å². The van der Waals surface area contributed by atoms with Crippen molar-refractivity contribution in [1.82, 2.24) is 19.9 Å². The normalized spacial score (nSPS) is 10.8. The maximum absolute atomic E-state index is 10.5. The Morgan fingerprint density at radius 3 is 2.81 bits per heavy atom. The van der Waals surface area contributed by atoms with Crippen molar-refractivity contribution >= 4 is 23.0 Å². The number of anilines is 1. The van der Waals surface area contributed by atoms with E-state index in [-0.39, 0.29) is 18.1 Å². The number of aryl methyl sites for hydroxylation is 1. The smallest absolute Gasteiger partial charge is 0.311 e. The molecule has 0 unspecified atom stereocenters. The number of carboxylic acid groups (broad SMARTS) is 1. The van der Waals surface area contributed by atoms with Gasteiger partial charge in [-0.25, -0.2) is 15.0 Å². The minimum Gasteiger partial charge on any atom is -0.481 e. The zero-order valence-electron chi connectivity index (χ0n) is 8.69. The van der Waals surface area contributed by atoms with E-state index in [9.17, 15) is 4.79 Å². The Morgan fingerprint density at radius 2 is 2.19 bits per heavy atom. The number of H-pyrrole nitrogens is 1. The van der Waals surface area contributed by atoms with Crippen molar-refractivity contribution in [1.29, 1.82) is 0 Å². The summed E-state index contributed by atoms with van der Waals surface area (Å²) >= 11 is 0. The fraction of sp³-hybridized carbons (Fsp3) is 0.333. The number of nitrogen functional groups attached to an aromatic ring is 1. The van der Waals surface area contributed by atoms with Crippen LogP contribution in [0, 0.1) is 0 Å². The third-order valence-electron chi connectivity index (χ3n) is 2.12. The summed E-state index contributed by atoms with van der Waals surface area (Å²) in [5, 5.41) is 8.63. The van der Waals surface area contributed by atoms with Gasteiger partial charge in [-0.2, -0.15) is 0 Å². The highest BCUT2D eigenvalue weighted by Crippen LogP contribution is 2.15. The summed E-state index contributed by atoms with van der Waals surface area (Å²) < 4.78 is 0. The number of aromatic amines is 1. The molecule has 0 saturated carbocycles. The lowest BCUT2D eigenvalue weighted by atomic mass is 10.4. The minimum absolute atomic E-state index is 0.173. The highest BCUT2D eigenvalue weighted by molar-refractivity contribution is 5.82. The summed E-state index contributed by atoms with van der Waals surface area (Å²) in [5.41, 5.74) is 6.66. The Hall–Kier alpha value is -2.18. The van der Waals surface area contributed by atoms with Gasteiger partial charge in [-0.3, -0.25) is 4.79 Å². The van der Waals surface area contributed by atoms with Crippen molar-refractivity contribution in [2.75, 3.05) is 5.73 Å². The molecule has 0 amide bonds. The van der Waals surface area contributed by atoms with Crippen LogP contribution in [0.4, 0.5) is 5.82 Å². The maximum atomic E-state index is 10.5. The highest BCUT2D eigenvalue weighted by Gasteiger charge is 2.11. The molecule has 84 valence electrons. The number of hydrogen-bond acceptors (Lipinski definition) is 5. The number of imidazole rings is 1. The predicted octanol–water partition coefficient (Wildman–Crippen LogP) is 0.125. The molecule has 4 N–H and O–H groups in total. The molecular formula is C9H11N5O2. The number of rotatable bonds is 3. The van der Waals surface area contributed by atoms with Gasteiger partial charge in [0.1, 0.15) is 23.6 Å². The Labute approximate surface area is 90.7 Å². The van der Waals surface area contributed by atoms with Gasteiger partial charge >= 0.3 is 5.97 Å². The quantitative estimate of drug-likeness (QED) is 0.677. The van der Waals surface area contributed by atoms with Gasteiger partial charge < -0.3 is 15.8 Å². The fourth-order valence-corrected chi connectivity index (χ4v) is 1.40. The van der Waals surface area contributed by atoms with E-state index in [0.717, 1.165) is 12.2 Å². The highest BCUT2D eigenvalue weighted by atomic mass is 16.4.